The lowest BCUT2D eigenvalue weighted by atomic mass is 10.1. The third-order valence-electron chi connectivity index (χ3n) is 3.31. The Hall–Kier alpha value is -1.58. The molecular weight excluding hydrogens is 304 g/mol. The second-order valence-electron chi connectivity index (χ2n) is 6.40. The zero-order valence-electron chi connectivity index (χ0n) is 13.6. The summed E-state index contributed by atoms with van der Waals surface area (Å²) in [5, 5.41) is 0. The van der Waals surface area contributed by atoms with Gasteiger partial charge in [0.25, 0.3) is 0 Å². The molecule has 0 aliphatic rings. The minimum absolute atomic E-state index is 0.0950. The molecule has 2 aromatic carbocycles. The fraction of sp³-hybridized carbons (Fsp3) is 0.211. The Balaban J connectivity index is 2.28. The fourth-order valence-corrected chi connectivity index (χ4v) is 4.77. The van der Waals surface area contributed by atoms with E-state index in [0.29, 0.717) is 0 Å². The Morgan fingerprint density at radius 2 is 1.55 bits per heavy atom. The molecule has 114 valence electrons. The SMILES string of the molecule is Cc1ccc(S/C(=C/C(=O)c2ccccc2)[Si](C)(C)C)cc1. The number of benzene rings is 2. The van der Waals surface area contributed by atoms with Crippen molar-refractivity contribution >= 4 is 25.6 Å². The molecule has 0 fully saturated rings. The summed E-state index contributed by atoms with van der Waals surface area (Å²) >= 11 is 1.73. The highest BCUT2D eigenvalue weighted by atomic mass is 32.2. The standard InChI is InChI=1S/C19H22OSSi/c1-15-10-12-17(13-11-15)21-19(22(2,3)4)14-18(20)16-8-6-5-7-9-16/h5-14H,1-4H3/b19-14-. The normalized spacial score (nSPS) is 12.3. The van der Waals surface area contributed by atoms with Crippen LogP contribution in [-0.2, 0) is 0 Å². The van der Waals surface area contributed by atoms with Crippen LogP contribution >= 0.6 is 11.8 Å². The van der Waals surface area contributed by atoms with Gasteiger partial charge in [0.15, 0.2) is 5.78 Å². The first-order chi connectivity index (χ1) is 10.4. The third-order valence-corrected chi connectivity index (χ3v) is 7.92. The lowest BCUT2D eigenvalue weighted by Gasteiger charge is -2.20. The van der Waals surface area contributed by atoms with Crippen LogP contribution in [0.25, 0.3) is 0 Å². The molecule has 0 radical (unpaired) electrons. The van der Waals surface area contributed by atoms with Gasteiger partial charge in [0.2, 0.25) is 0 Å². The van der Waals surface area contributed by atoms with E-state index in [1.165, 1.54) is 15.0 Å². The first kappa shape index (κ1) is 16.8. The number of allylic oxidation sites excluding steroid dienone is 1. The zero-order chi connectivity index (χ0) is 16.2. The number of rotatable bonds is 5. The summed E-state index contributed by atoms with van der Waals surface area (Å²) in [4.78, 5) is 13.7. The van der Waals surface area contributed by atoms with Crippen LogP contribution < -0.4 is 0 Å². The highest BCUT2D eigenvalue weighted by Gasteiger charge is 2.22. The molecule has 2 rings (SSSR count). The summed E-state index contributed by atoms with van der Waals surface area (Å²) in [6.07, 6.45) is 1.84. The van der Waals surface area contributed by atoms with Crippen LogP contribution in [0.2, 0.25) is 19.6 Å². The summed E-state index contributed by atoms with van der Waals surface area (Å²) in [5.74, 6) is 0.0950. The molecule has 0 amide bonds. The maximum atomic E-state index is 12.5. The van der Waals surface area contributed by atoms with Gasteiger partial charge in [-0.2, -0.15) is 0 Å². The summed E-state index contributed by atoms with van der Waals surface area (Å²) in [5.41, 5.74) is 2.01. The monoisotopic (exact) mass is 326 g/mol. The smallest absolute Gasteiger partial charge is 0.186 e. The van der Waals surface area contributed by atoms with Crippen LogP contribution in [0.5, 0.6) is 0 Å². The summed E-state index contributed by atoms with van der Waals surface area (Å²) in [7, 11) is -1.58. The van der Waals surface area contributed by atoms with Gasteiger partial charge in [-0.1, -0.05) is 79.4 Å². The van der Waals surface area contributed by atoms with Crippen LogP contribution in [0.4, 0.5) is 0 Å². The van der Waals surface area contributed by atoms with Crippen LogP contribution in [0, 0.1) is 6.92 Å². The van der Waals surface area contributed by atoms with E-state index in [1.807, 2.05) is 36.4 Å². The lowest BCUT2D eigenvalue weighted by Crippen LogP contribution is -2.23. The van der Waals surface area contributed by atoms with E-state index < -0.39 is 8.07 Å². The van der Waals surface area contributed by atoms with E-state index in [9.17, 15) is 4.79 Å². The molecule has 0 aliphatic heterocycles. The highest BCUT2D eigenvalue weighted by Crippen LogP contribution is 2.33. The maximum absolute atomic E-state index is 12.5. The molecule has 3 heteroatoms. The van der Waals surface area contributed by atoms with Crippen molar-refractivity contribution in [2.45, 2.75) is 31.5 Å². The number of carbonyl (C=O) groups is 1. The van der Waals surface area contributed by atoms with Crippen molar-refractivity contribution in [3.63, 3.8) is 0 Å². The molecule has 1 nitrogen and oxygen atoms in total. The van der Waals surface area contributed by atoms with E-state index in [2.05, 4.69) is 50.8 Å². The molecule has 0 atom stereocenters. The van der Waals surface area contributed by atoms with Gasteiger partial charge >= 0.3 is 0 Å². The Morgan fingerprint density at radius 1 is 0.955 bits per heavy atom. The minimum Gasteiger partial charge on any atom is -0.289 e. The van der Waals surface area contributed by atoms with Gasteiger partial charge in [0.1, 0.15) is 0 Å². The zero-order valence-corrected chi connectivity index (χ0v) is 15.4. The van der Waals surface area contributed by atoms with Gasteiger partial charge in [-0.15, -0.1) is 0 Å². The molecule has 0 bridgehead atoms. The topological polar surface area (TPSA) is 17.1 Å². The molecule has 0 aromatic heterocycles. The van der Waals surface area contributed by atoms with Gasteiger partial charge < -0.3 is 0 Å². The number of hydrogen-bond acceptors (Lipinski definition) is 2. The maximum Gasteiger partial charge on any atom is 0.186 e. The molecule has 0 saturated carbocycles. The molecule has 0 aliphatic carbocycles. The van der Waals surface area contributed by atoms with Crippen LogP contribution in [-0.4, -0.2) is 13.9 Å². The summed E-state index contributed by atoms with van der Waals surface area (Å²) in [6, 6.07) is 18.0. The molecular formula is C19H22OSSi. The van der Waals surface area contributed by atoms with Crippen molar-refractivity contribution in [2.24, 2.45) is 0 Å². The average Bonchev–Trinajstić information content (AvgIpc) is 2.48. The molecule has 22 heavy (non-hydrogen) atoms. The average molecular weight is 327 g/mol. The first-order valence-electron chi connectivity index (χ1n) is 7.42. The van der Waals surface area contributed by atoms with Crippen LogP contribution in [0.1, 0.15) is 15.9 Å². The van der Waals surface area contributed by atoms with E-state index >= 15 is 0 Å². The Labute approximate surface area is 138 Å². The Bertz CT molecular complexity index is 667. The minimum atomic E-state index is -1.58. The van der Waals surface area contributed by atoms with E-state index in [0.717, 1.165) is 5.56 Å². The Morgan fingerprint density at radius 3 is 2.09 bits per heavy atom. The number of aryl methyl sites for hydroxylation is 1. The number of hydrogen-bond donors (Lipinski definition) is 0. The van der Waals surface area contributed by atoms with Crippen molar-refractivity contribution < 1.29 is 4.79 Å². The van der Waals surface area contributed by atoms with Crippen molar-refractivity contribution in [3.8, 4) is 0 Å². The highest BCUT2D eigenvalue weighted by molar-refractivity contribution is 8.05. The van der Waals surface area contributed by atoms with E-state index in [-0.39, 0.29) is 5.78 Å². The quantitative estimate of drug-likeness (QED) is 0.302. The number of thioether (sulfide) groups is 1. The molecule has 0 unspecified atom stereocenters. The van der Waals surface area contributed by atoms with Crippen LogP contribution in [0.15, 0.2) is 70.1 Å². The van der Waals surface area contributed by atoms with Crippen molar-refractivity contribution in [1.82, 2.24) is 0 Å². The van der Waals surface area contributed by atoms with Crippen molar-refractivity contribution in [3.05, 3.63) is 76.3 Å². The van der Waals surface area contributed by atoms with Gasteiger partial charge in [-0.05, 0) is 29.7 Å². The summed E-state index contributed by atoms with van der Waals surface area (Å²) in [6.45, 7) is 8.91. The van der Waals surface area contributed by atoms with Gasteiger partial charge in [-0.25, -0.2) is 0 Å². The number of carbonyl (C=O) groups excluding carboxylic acids is 1. The molecule has 0 N–H and O–H groups in total. The van der Waals surface area contributed by atoms with Gasteiger partial charge in [0, 0.05) is 10.5 Å². The van der Waals surface area contributed by atoms with Crippen molar-refractivity contribution in [1.29, 1.82) is 0 Å². The molecule has 0 heterocycles. The predicted molar refractivity (Wildman–Crippen MR) is 99.2 cm³/mol. The van der Waals surface area contributed by atoms with E-state index in [1.54, 1.807) is 11.8 Å². The predicted octanol–water partition coefficient (Wildman–Crippen LogP) is 5.73. The lowest BCUT2D eigenvalue weighted by molar-refractivity contribution is 0.104. The first-order valence-corrected chi connectivity index (χ1v) is 11.7. The third kappa shape index (κ3) is 4.72. The van der Waals surface area contributed by atoms with Gasteiger partial charge in [0.05, 0.1) is 8.07 Å². The Kier molecular flexibility index (Phi) is 5.43. The second-order valence-corrected chi connectivity index (χ2v) is 12.9. The van der Waals surface area contributed by atoms with Crippen molar-refractivity contribution in [2.75, 3.05) is 0 Å². The van der Waals surface area contributed by atoms with E-state index in [4.69, 9.17) is 0 Å². The molecule has 0 spiro atoms. The summed E-state index contributed by atoms with van der Waals surface area (Å²) < 4.78 is 1.21. The largest absolute Gasteiger partial charge is 0.289 e. The number of ketones is 1. The second kappa shape index (κ2) is 7.12. The fourth-order valence-electron chi connectivity index (χ4n) is 1.94. The molecule has 2 aromatic rings. The molecule has 0 saturated heterocycles. The van der Waals surface area contributed by atoms with Crippen LogP contribution in [0.3, 0.4) is 0 Å². The van der Waals surface area contributed by atoms with Gasteiger partial charge in [-0.3, -0.25) is 4.79 Å².